The highest BCUT2D eigenvalue weighted by molar-refractivity contribution is 6.69. The van der Waals surface area contributed by atoms with Crippen LogP contribution in [-0.4, -0.2) is 99.7 Å². The van der Waals surface area contributed by atoms with E-state index in [1.807, 2.05) is 74.0 Å². The maximum Gasteiger partial charge on any atom is 0.260 e. The van der Waals surface area contributed by atoms with Gasteiger partial charge in [0.1, 0.15) is 5.75 Å². The molecule has 63 heavy (non-hydrogen) atoms. The molecule has 4 aromatic carbocycles. The molecule has 0 saturated carbocycles. The summed E-state index contributed by atoms with van der Waals surface area (Å²) in [5, 5.41) is 2.93. The SMILES string of the molecule is COc1ccc(C2=CN3C(=O)c4cc(OC)c(OCCCOc5cc6c(cc5OC)C(=O)N5C=C(c7ccc(NC(=O)CCC[Si](C)(C)O)cc7)C[C@H]5C=N6)cc4N=C[C@@H]3C2)cc1. The smallest absolute Gasteiger partial charge is 0.260 e. The van der Waals surface area contributed by atoms with Crippen LogP contribution in [0.3, 0.4) is 0 Å². The van der Waals surface area contributed by atoms with Crippen molar-refractivity contribution >= 4 is 66.7 Å². The Hall–Kier alpha value is -6.71. The lowest BCUT2D eigenvalue weighted by Crippen LogP contribution is -2.32. The molecule has 326 valence electrons. The van der Waals surface area contributed by atoms with E-state index in [0.717, 1.165) is 28.0 Å². The summed E-state index contributed by atoms with van der Waals surface area (Å²) in [6.07, 6.45) is 10.1. The number of amides is 3. The van der Waals surface area contributed by atoms with E-state index in [-0.39, 0.29) is 43.0 Å². The van der Waals surface area contributed by atoms with E-state index in [4.69, 9.17) is 33.7 Å². The van der Waals surface area contributed by atoms with E-state index >= 15 is 0 Å². The van der Waals surface area contributed by atoms with Crippen molar-refractivity contribution in [1.82, 2.24) is 9.80 Å². The average Bonchev–Trinajstić information content (AvgIpc) is 3.86. The first-order valence-corrected chi connectivity index (χ1v) is 24.2. The zero-order valence-corrected chi connectivity index (χ0v) is 37.1. The number of nitrogens with zero attached hydrogens (tertiary/aromatic N) is 4. The number of methoxy groups -OCH3 is 3. The van der Waals surface area contributed by atoms with E-state index < -0.39 is 8.32 Å². The molecule has 0 bridgehead atoms. The van der Waals surface area contributed by atoms with E-state index in [2.05, 4.69) is 5.32 Å². The molecule has 0 aromatic heterocycles. The van der Waals surface area contributed by atoms with Crippen LogP contribution in [0.1, 0.15) is 63.9 Å². The molecule has 0 aliphatic carbocycles. The van der Waals surface area contributed by atoms with Crippen LogP contribution in [0.25, 0.3) is 11.1 Å². The van der Waals surface area contributed by atoms with Gasteiger partial charge in [-0.1, -0.05) is 24.3 Å². The number of hydrogen-bond acceptors (Lipinski definition) is 11. The van der Waals surface area contributed by atoms with Gasteiger partial charge in [0.15, 0.2) is 31.3 Å². The van der Waals surface area contributed by atoms with Gasteiger partial charge in [-0.25, -0.2) is 0 Å². The zero-order valence-electron chi connectivity index (χ0n) is 36.1. The average molecular weight is 870 g/mol. The highest BCUT2D eigenvalue weighted by Crippen LogP contribution is 2.42. The monoisotopic (exact) mass is 869 g/mol. The van der Waals surface area contributed by atoms with Crippen molar-refractivity contribution in [2.75, 3.05) is 39.9 Å². The predicted molar refractivity (Wildman–Crippen MR) is 245 cm³/mol. The minimum absolute atomic E-state index is 0.0817. The van der Waals surface area contributed by atoms with Crippen LogP contribution < -0.4 is 29.0 Å². The number of carbonyl (C=O) groups is 3. The van der Waals surface area contributed by atoms with Gasteiger partial charge >= 0.3 is 0 Å². The third kappa shape index (κ3) is 9.54. The molecule has 0 spiro atoms. The summed E-state index contributed by atoms with van der Waals surface area (Å²) in [6, 6.07) is 22.4. The van der Waals surface area contributed by atoms with Crippen LogP contribution in [0.2, 0.25) is 19.1 Å². The summed E-state index contributed by atoms with van der Waals surface area (Å²) in [5.41, 5.74) is 6.50. The van der Waals surface area contributed by atoms with Crippen molar-refractivity contribution in [1.29, 1.82) is 0 Å². The molecular weight excluding hydrogens is 819 g/mol. The fourth-order valence-corrected chi connectivity index (χ4v) is 9.09. The number of aliphatic imine (C=N–C) groups is 2. The number of carbonyl (C=O) groups excluding carboxylic acids is 3. The molecular formula is C48H51N5O9Si. The Labute approximate surface area is 367 Å². The molecule has 0 saturated heterocycles. The minimum atomic E-state index is -2.18. The summed E-state index contributed by atoms with van der Waals surface area (Å²) >= 11 is 0. The van der Waals surface area contributed by atoms with Crippen molar-refractivity contribution < 1.29 is 42.9 Å². The van der Waals surface area contributed by atoms with Gasteiger partial charge in [-0.2, -0.15) is 0 Å². The lowest BCUT2D eigenvalue weighted by atomic mass is 10.0. The van der Waals surface area contributed by atoms with Gasteiger partial charge in [-0.15, -0.1) is 0 Å². The van der Waals surface area contributed by atoms with Gasteiger partial charge in [0.05, 0.1) is 69.1 Å². The number of benzene rings is 4. The summed E-state index contributed by atoms with van der Waals surface area (Å²) in [4.78, 5) is 63.0. The zero-order chi connectivity index (χ0) is 44.3. The third-order valence-electron chi connectivity index (χ3n) is 11.4. The van der Waals surface area contributed by atoms with Crippen molar-refractivity contribution in [3.8, 4) is 28.7 Å². The van der Waals surface area contributed by atoms with Crippen LogP contribution >= 0.6 is 0 Å². The van der Waals surface area contributed by atoms with E-state index in [1.165, 1.54) is 14.2 Å². The molecule has 4 heterocycles. The maximum absolute atomic E-state index is 13.9. The van der Waals surface area contributed by atoms with Crippen LogP contribution in [-0.2, 0) is 4.79 Å². The molecule has 4 aliphatic rings. The Balaban J connectivity index is 0.866. The Morgan fingerprint density at radius 1 is 0.698 bits per heavy atom. The first kappa shape index (κ1) is 43.0. The maximum atomic E-state index is 13.9. The van der Waals surface area contributed by atoms with Crippen LogP contribution in [0.4, 0.5) is 17.1 Å². The van der Waals surface area contributed by atoms with Crippen LogP contribution in [0, 0.1) is 0 Å². The standard InChI is InChI=1S/C48H51N5O9Si/c1-58-37-15-11-31(12-16-37)33-21-36-27-50-41-25-45(43(60-3)23-39(41)48(56)53(36)29-33)62-18-7-17-61-44-24-40-38(22-42(44)59-2)47(55)52-28-32(20-35(52)26-49-40)30-9-13-34(14-10-30)51-46(54)8-6-19-63(4,5)57/h9-16,22-29,35-36,57H,6-8,17-21H2,1-5H3,(H,51,54)/t35-,36-/m0/s1. The third-order valence-corrected chi connectivity index (χ3v) is 13.0. The summed E-state index contributed by atoms with van der Waals surface area (Å²) in [5.74, 6) is 2.06. The Morgan fingerprint density at radius 2 is 1.19 bits per heavy atom. The molecule has 8 rings (SSSR count). The first-order valence-electron chi connectivity index (χ1n) is 21.0. The topological polar surface area (TPSA) is 161 Å². The van der Waals surface area contributed by atoms with Crippen LogP contribution in [0.15, 0.2) is 95.2 Å². The van der Waals surface area contributed by atoms with Crippen LogP contribution in [0.5, 0.6) is 28.7 Å². The first-order chi connectivity index (χ1) is 30.4. The highest BCUT2D eigenvalue weighted by Gasteiger charge is 2.35. The summed E-state index contributed by atoms with van der Waals surface area (Å²) in [7, 11) is 2.52. The van der Waals surface area contributed by atoms with Crippen molar-refractivity contribution in [3.05, 3.63) is 107 Å². The van der Waals surface area contributed by atoms with Crippen molar-refractivity contribution in [3.63, 3.8) is 0 Å². The van der Waals surface area contributed by atoms with Gasteiger partial charge in [0.25, 0.3) is 11.8 Å². The number of nitrogens with one attached hydrogen (secondary N) is 1. The normalized spacial score (nSPS) is 17.4. The molecule has 2 atom stereocenters. The second-order valence-electron chi connectivity index (χ2n) is 16.4. The second-order valence-corrected chi connectivity index (χ2v) is 20.6. The Bertz CT molecular complexity index is 2530. The number of fused-ring (bicyclic) bond motifs is 4. The van der Waals surface area contributed by atoms with Gasteiger partial charge in [-0.3, -0.25) is 24.4 Å². The fraction of sp³-hybridized carbons (Fsp3) is 0.312. The van der Waals surface area contributed by atoms with E-state index in [9.17, 15) is 19.2 Å². The predicted octanol–water partition coefficient (Wildman–Crippen LogP) is 8.42. The molecule has 4 aliphatic heterocycles. The molecule has 15 heteroatoms. The number of anilines is 1. The van der Waals surface area contributed by atoms with Gasteiger partial charge in [0, 0.05) is 68.3 Å². The lowest BCUT2D eigenvalue weighted by Gasteiger charge is -2.19. The largest absolute Gasteiger partial charge is 0.497 e. The Morgan fingerprint density at radius 3 is 1.65 bits per heavy atom. The molecule has 0 unspecified atom stereocenters. The molecule has 2 N–H and O–H groups in total. The highest BCUT2D eigenvalue weighted by atomic mass is 28.4. The van der Waals surface area contributed by atoms with Gasteiger partial charge in [0.2, 0.25) is 5.91 Å². The Kier molecular flexibility index (Phi) is 12.5. The molecule has 4 aromatic rings. The van der Waals surface area contributed by atoms with E-state index in [1.54, 1.807) is 53.6 Å². The molecule has 0 radical (unpaired) electrons. The van der Waals surface area contributed by atoms with Crippen molar-refractivity contribution in [2.24, 2.45) is 9.98 Å². The number of hydrogen-bond donors (Lipinski definition) is 2. The minimum Gasteiger partial charge on any atom is -0.497 e. The summed E-state index contributed by atoms with van der Waals surface area (Å²) in [6.45, 7) is 4.31. The number of ether oxygens (including phenoxy) is 5. The summed E-state index contributed by atoms with van der Waals surface area (Å²) < 4.78 is 28.9. The van der Waals surface area contributed by atoms with Gasteiger partial charge < -0.3 is 43.6 Å². The van der Waals surface area contributed by atoms with Crippen molar-refractivity contribution in [2.45, 2.75) is 63.3 Å². The molecule has 14 nitrogen and oxygen atoms in total. The van der Waals surface area contributed by atoms with E-state index in [0.29, 0.717) is 89.3 Å². The molecule has 3 amide bonds. The quantitative estimate of drug-likeness (QED) is 0.0832. The second kappa shape index (κ2) is 18.3. The molecule has 0 fully saturated rings. The fourth-order valence-electron chi connectivity index (χ4n) is 8.04. The lowest BCUT2D eigenvalue weighted by molar-refractivity contribution is -0.116. The number of rotatable bonds is 16. The van der Waals surface area contributed by atoms with Gasteiger partial charge in [-0.05, 0) is 84.2 Å².